The van der Waals surface area contributed by atoms with Gasteiger partial charge in [-0.25, -0.2) is 0 Å². The molecule has 5 atom stereocenters. The van der Waals surface area contributed by atoms with Gasteiger partial charge in [0.05, 0.1) is 5.02 Å². The molecule has 1 heteroatoms. The summed E-state index contributed by atoms with van der Waals surface area (Å²) in [5, 5.41) is 0.934. The smallest absolute Gasteiger partial charge is 0.0597 e. The van der Waals surface area contributed by atoms with E-state index in [-0.39, 0.29) is 0 Å². The summed E-state index contributed by atoms with van der Waals surface area (Å²) in [6.45, 7) is 15.0. The first-order valence-corrected chi connectivity index (χ1v) is 11.7. The fourth-order valence-electron chi connectivity index (χ4n) is 6.12. The van der Waals surface area contributed by atoms with Crippen molar-refractivity contribution in [3.8, 4) is 11.8 Å². The van der Waals surface area contributed by atoms with Gasteiger partial charge < -0.3 is 0 Å². The molecule has 3 aliphatic rings. The number of hydrogen-bond donors (Lipinski definition) is 0. The van der Waals surface area contributed by atoms with Gasteiger partial charge in [-0.15, -0.1) is 5.92 Å². The third-order valence-corrected chi connectivity index (χ3v) is 8.01. The van der Waals surface area contributed by atoms with Crippen molar-refractivity contribution in [3.63, 3.8) is 0 Å². The molecule has 0 aromatic heterocycles. The first-order valence-electron chi connectivity index (χ1n) is 11.3. The van der Waals surface area contributed by atoms with Crippen molar-refractivity contribution in [1.82, 2.24) is 0 Å². The van der Waals surface area contributed by atoms with Crippen LogP contribution in [0.2, 0.25) is 5.02 Å². The number of fused-ring (bicyclic) bond motifs is 5. The van der Waals surface area contributed by atoms with Gasteiger partial charge >= 0.3 is 0 Å². The van der Waals surface area contributed by atoms with Gasteiger partial charge in [0.2, 0.25) is 0 Å². The molecule has 0 aliphatic heterocycles. The molecule has 0 amide bonds. The minimum absolute atomic E-state index is 0.593. The van der Waals surface area contributed by atoms with Gasteiger partial charge in [-0.3, -0.25) is 0 Å². The maximum atomic E-state index is 6.70. The molecule has 3 aliphatic carbocycles. The highest BCUT2D eigenvalue weighted by molar-refractivity contribution is 6.32. The molecule has 0 N–H and O–H groups in total. The van der Waals surface area contributed by atoms with Crippen molar-refractivity contribution in [2.24, 2.45) is 23.2 Å². The van der Waals surface area contributed by atoms with Crippen molar-refractivity contribution < 1.29 is 0 Å². The Morgan fingerprint density at radius 3 is 2.41 bits per heavy atom. The summed E-state index contributed by atoms with van der Waals surface area (Å²) >= 11 is 6.70. The minimum Gasteiger partial charge on any atom is -0.101 e. The van der Waals surface area contributed by atoms with Crippen molar-refractivity contribution in [2.75, 3.05) is 0 Å². The van der Waals surface area contributed by atoms with E-state index in [0.717, 1.165) is 40.7 Å². The van der Waals surface area contributed by atoms with Gasteiger partial charge in [-0.05, 0) is 91.7 Å². The number of rotatable bonds is 0. The molecule has 2 fully saturated rings. The van der Waals surface area contributed by atoms with Crippen molar-refractivity contribution in [1.29, 1.82) is 0 Å². The predicted molar refractivity (Wildman–Crippen MR) is 120 cm³/mol. The van der Waals surface area contributed by atoms with E-state index in [1.54, 1.807) is 5.56 Å². The third-order valence-electron chi connectivity index (χ3n) is 7.58. The highest BCUT2D eigenvalue weighted by Crippen LogP contribution is 2.63. The van der Waals surface area contributed by atoms with Gasteiger partial charge in [0, 0.05) is 5.56 Å². The average molecular weight is 387 g/mol. The molecule has 27 heavy (non-hydrogen) atoms. The molecular formula is C26H39Cl. The van der Waals surface area contributed by atoms with Crippen LogP contribution in [-0.2, 0) is 6.42 Å². The quantitative estimate of drug-likeness (QED) is 0.393. The summed E-state index contributed by atoms with van der Waals surface area (Å²) in [6, 6.07) is 4.50. The van der Waals surface area contributed by atoms with Gasteiger partial charge in [-0.2, -0.15) is 0 Å². The number of halogens is 1. The minimum atomic E-state index is 0.593. The zero-order valence-corrected chi connectivity index (χ0v) is 19.3. The first kappa shape index (κ1) is 22.4. The monoisotopic (exact) mass is 386 g/mol. The van der Waals surface area contributed by atoms with Crippen LogP contribution in [-0.4, -0.2) is 0 Å². The normalized spacial score (nSPS) is 32.9. The van der Waals surface area contributed by atoms with E-state index in [1.165, 1.54) is 37.7 Å². The summed E-state index contributed by atoms with van der Waals surface area (Å²) in [5.41, 5.74) is 4.56. The predicted octanol–water partition coefficient (Wildman–Crippen LogP) is 8.26. The second-order valence-corrected chi connectivity index (χ2v) is 8.69. The molecule has 0 nitrogen and oxygen atoms in total. The summed E-state index contributed by atoms with van der Waals surface area (Å²) in [5.74, 6) is 9.61. The lowest BCUT2D eigenvalue weighted by Crippen LogP contribution is -2.41. The van der Waals surface area contributed by atoms with Crippen LogP contribution >= 0.6 is 11.6 Å². The second kappa shape index (κ2) is 9.52. The maximum Gasteiger partial charge on any atom is 0.0597 e. The van der Waals surface area contributed by atoms with Crippen molar-refractivity contribution in [3.05, 3.63) is 33.8 Å². The zero-order chi connectivity index (χ0) is 20.2. The van der Waals surface area contributed by atoms with Gasteiger partial charge in [0.1, 0.15) is 0 Å². The van der Waals surface area contributed by atoms with Crippen LogP contribution in [0.4, 0.5) is 0 Å². The van der Waals surface area contributed by atoms with E-state index in [2.05, 4.69) is 37.8 Å². The van der Waals surface area contributed by atoms with E-state index < -0.39 is 0 Å². The summed E-state index contributed by atoms with van der Waals surface area (Å²) in [7, 11) is 0. The molecule has 0 saturated heterocycles. The Labute approximate surface area is 173 Å². The van der Waals surface area contributed by atoms with Gasteiger partial charge in [-0.1, -0.05) is 65.1 Å². The average Bonchev–Trinajstić information content (AvgIpc) is 3.02. The molecule has 0 radical (unpaired) electrons. The Balaban J connectivity index is 0.000000614. The number of hydrogen-bond acceptors (Lipinski definition) is 0. The molecular weight excluding hydrogens is 348 g/mol. The van der Waals surface area contributed by atoms with Crippen LogP contribution < -0.4 is 0 Å². The van der Waals surface area contributed by atoms with E-state index in [9.17, 15) is 0 Å². The van der Waals surface area contributed by atoms with Crippen LogP contribution in [0, 0.1) is 35.0 Å². The fourth-order valence-corrected chi connectivity index (χ4v) is 6.43. The molecule has 1 aromatic carbocycles. The van der Waals surface area contributed by atoms with Crippen molar-refractivity contribution >= 4 is 11.6 Å². The van der Waals surface area contributed by atoms with Crippen LogP contribution in [0.1, 0.15) is 103 Å². The van der Waals surface area contributed by atoms with Gasteiger partial charge in [0.25, 0.3) is 0 Å². The zero-order valence-electron chi connectivity index (χ0n) is 18.6. The van der Waals surface area contributed by atoms with E-state index >= 15 is 0 Å². The fraction of sp³-hybridized carbons (Fsp3) is 0.692. The van der Waals surface area contributed by atoms with Crippen LogP contribution in [0.15, 0.2) is 12.1 Å². The van der Waals surface area contributed by atoms with Crippen LogP contribution in [0.3, 0.4) is 0 Å². The molecule has 0 spiro atoms. The third kappa shape index (κ3) is 3.82. The van der Waals surface area contributed by atoms with Gasteiger partial charge in [0.15, 0.2) is 0 Å². The van der Waals surface area contributed by atoms with Crippen LogP contribution in [0.25, 0.3) is 0 Å². The molecule has 3 unspecified atom stereocenters. The summed E-state index contributed by atoms with van der Waals surface area (Å²) in [6.07, 6.45) is 8.10. The summed E-state index contributed by atoms with van der Waals surface area (Å²) < 4.78 is 0. The lowest BCUT2D eigenvalue weighted by Gasteiger charge is -2.50. The van der Waals surface area contributed by atoms with E-state index in [4.69, 9.17) is 11.6 Å². The maximum absolute atomic E-state index is 6.70. The van der Waals surface area contributed by atoms with Crippen molar-refractivity contribution in [2.45, 2.75) is 92.9 Å². The SMILES string of the molecule is CC.CC.CC#Cc1ccc2c(c1Cl)CCC1C2CC[C@@]2(C)C1CC[C@@H]2C. The molecule has 0 bridgehead atoms. The lowest BCUT2D eigenvalue weighted by molar-refractivity contribution is 0.0337. The number of benzene rings is 1. The van der Waals surface area contributed by atoms with E-state index in [1.807, 2.05) is 34.6 Å². The largest absolute Gasteiger partial charge is 0.101 e. The highest BCUT2D eigenvalue weighted by Gasteiger charge is 2.53. The molecule has 4 rings (SSSR count). The Morgan fingerprint density at radius 2 is 1.74 bits per heavy atom. The Kier molecular flexibility index (Phi) is 7.88. The molecule has 150 valence electrons. The van der Waals surface area contributed by atoms with E-state index in [0.29, 0.717) is 5.41 Å². The molecule has 0 heterocycles. The highest BCUT2D eigenvalue weighted by atomic mass is 35.5. The Bertz CT molecular complexity index is 692. The molecule has 2 saturated carbocycles. The topological polar surface area (TPSA) is 0 Å². The Hall–Kier alpha value is -0.930. The Morgan fingerprint density at radius 1 is 1.04 bits per heavy atom. The molecule has 1 aromatic rings. The standard InChI is InChI=1S/C22H27Cl.2C2H6/c1-4-5-15-7-8-16-17-12-13-22(3)14(2)6-11-20(22)18(17)9-10-19(16)21(15)23;2*1-2/h7-8,14,17-18,20H,6,9-13H2,1-3H3;2*1-2H3/t14-,17?,18?,20?,22+;;/m0../s1. The first-order chi connectivity index (χ1) is 13.1. The summed E-state index contributed by atoms with van der Waals surface area (Å²) in [4.78, 5) is 0. The second-order valence-electron chi connectivity index (χ2n) is 8.31. The lowest BCUT2D eigenvalue weighted by atomic mass is 9.54. The van der Waals surface area contributed by atoms with Crippen LogP contribution in [0.5, 0.6) is 0 Å².